The zero-order chi connectivity index (χ0) is 13.8. The first kappa shape index (κ1) is 13.1. The van der Waals surface area contributed by atoms with Crippen molar-refractivity contribution >= 4 is 5.69 Å². The Labute approximate surface area is 109 Å². The highest BCUT2D eigenvalue weighted by Crippen LogP contribution is 2.27. The molecule has 3 nitrogen and oxygen atoms in total. The van der Waals surface area contributed by atoms with Crippen molar-refractivity contribution in [1.82, 2.24) is 0 Å². The molecule has 0 aromatic heterocycles. The van der Waals surface area contributed by atoms with E-state index in [1.807, 2.05) is 0 Å². The number of benzene rings is 2. The number of rotatable bonds is 4. The SMILES string of the molecule is COc1ccc(OCc2cc(F)cc(F)c2)c(N)c1. The van der Waals surface area contributed by atoms with Gasteiger partial charge in [0.05, 0.1) is 12.8 Å². The fourth-order valence-corrected chi connectivity index (χ4v) is 1.64. The molecular formula is C14H13F2NO2. The van der Waals surface area contributed by atoms with Gasteiger partial charge in [-0.2, -0.15) is 0 Å². The van der Waals surface area contributed by atoms with Gasteiger partial charge in [0.1, 0.15) is 29.7 Å². The smallest absolute Gasteiger partial charge is 0.142 e. The summed E-state index contributed by atoms with van der Waals surface area (Å²) in [7, 11) is 1.53. The Kier molecular flexibility index (Phi) is 3.85. The largest absolute Gasteiger partial charge is 0.497 e. The summed E-state index contributed by atoms with van der Waals surface area (Å²) < 4.78 is 36.4. The van der Waals surface area contributed by atoms with Crippen LogP contribution in [-0.4, -0.2) is 7.11 Å². The van der Waals surface area contributed by atoms with E-state index in [9.17, 15) is 8.78 Å². The highest BCUT2D eigenvalue weighted by atomic mass is 19.1. The van der Waals surface area contributed by atoms with Gasteiger partial charge in [-0.3, -0.25) is 0 Å². The molecule has 0 aliphatic rings. The summed E-state index contributed by atoms with van der Waals surface area (Å²) in [6.07, 6.45) is 0. The summed E-state index contributed by atoms with van der Waals surface area (Å²) in [5.74, 6) is -0.227. The van der Waals surface area contributed by atoms with Gasteiger partial charge >= 0.3 is 0 Å². The number of hydrogen-bond donors (Lipinski definition) is 1. The van der Waals surface area contributed by atoms with E-state index < -0.39 is 11.6 Å². The number of ether oxygens (including phenoxy) is 2. The van der Waals surface area contributed by atoms with Gasteiger partial charge in [0.15, 0.2) is 0 Å². The second-order valence-corrected chi connectivity index (χ2v) is 3.97. The lowest BCUT2D eigenvalue weighted by Crippen LogP contribution is -2.00. The van der Waals surface area contributed by atoms with Crippen LogP contribution in [0.2, 0.25) is 0 Å². The van der Waals surface area contributed by atoms with Crippen LogP contribution in [0.1, 0.15) is 5.56 Å². The number of anilines is 1. The molecule has 0 radical (unpaired) electrons. The van der Waals surface area contributed by atoms with E-state index in [4.69, 9.17) is 15.2 Å². The maximum atomic E-state index is 13.0. The molecule has 0 fully saturated rings. The fourth-order valence-electron chi connectivity index (χ4n) is 1.64. The van der Waals surface area contributed by atoms with E-state index in [1.54, 1.807) is 18.2 Å². The minimum atomic E-state index is -0.638. The molecule has 0 heterocycles. The molecule has 2 aromatic rings. The van der Waals surface area contributed by atoms with Crippen LogP contribution >= 0.6 is 0 Å². The summed E-state index contributed by atoms with van der Waals surface area (Å²) in [6, 6.07) is 8.18. The minimum absolute atomic E-state index is 0.0329. The Balaban J connectivity index is 2.10. The number of halogens is 2. The van der Waals surface area contributed by atoms with Crippen molar-refractivity contribution in [2.45, 2.75) is 6.61 Å². The van der Waals surface area contributed by atoms with E-state index in [0.717, 1.165) is 6.07 Å². The summed E-state index contributed by atoms with van der Waals surface area (Å²) >= 11 is 0. The average Bonchev–Trinajstić information content (AvgIpc) is 2.36. The first-order valence-corrected chi connectivity index (χ1v) is 5.60. The van der Waals surface area contributed by atoms with Gasteiger partial charge in [-0.15, -0.1) is 0 Å². The van der Waals surface area contributed by atoms with Crippen LogP contribution in [0.5, 0.6) is 11.5 Å². The van der Waals surface area contributed by atoms with E-state index in [2.05, 4.69) is 0 Å². The molecule has 2 rings (SSSR count). The van der Waals surface area contributed by atoms with E-state index in [1.165, 1.54) is 19.2 Å². The van der Waals surface area contributed by atoms with Crippen molar-refractivity contribution in [2.24, 2.45) is 0 Å². The lowest BCUT2D eigenvalue weighted by Gasteiger charge is -2.10. The van der Waals surface area contributed by atoms with Crippen LogP contribution in [0, 0.1) is 11.6 Å². The predicted molar refractivity (Wildman–Crippen MR) is 68.1 cm³/mol. The summed E-state index contributed by atoms with van der Waals surface area (Å²) in [4.78, 5) is 0. The van der Waals surface area contributed by atoms with Crippen LogP contribution in [-0.2, 0) is 6.61 Å². The van der Waals surface area contributed by atoms with Crippen molar-refractivity contribution in [3.8, 4) is 11.5 Å². The predicted octanol–water partition coefficient (Wildman–Crippen LogP) is 3.13. The Morgan fingerprint density at radius 3 is 2.32 bits per heavy atom. The molecule has 19 heavy (non-hydrogen) atoms. The number of hydrogen-bond acceptors (Lipinski definition) is 3. The molecule has 0 atom stereocenters. The Bertz CT molecular complexity index is 567. The second-order valence-electron chi connectivity index (χ2n) is 3.97. The molecule has 0 bridgehead atoms. The van der Waals surface area contributed by atoms with E-state index in [0.29, 0.717) is 22.7 Å². The Morgan fingerprint density at radius 1 is 1.05 bits per heavy atom. The van der Waals surface area contributed by atoms with E-state index >= 15 is 0 Å². The molecule has 0 saturated heterocycles. The first-order valence-electron chi connectivity index (χ1n) is 5.60. The molecule has 2 aromatic carbocycles. The normalized spacial score (nSPS) is 10.3. The lowest BCUT2D eigenvalue weighted by atomic mass is 10.2. The maximum Gasteiger partial charge on any atom is 0.142 e. The van der Waals surface area contributed by atoms with Crippen molar-refractivity contribution < 1.29 is 18.3 Å². The van der Waals surface area contributed by atoms with Crippen LogP contribution in [0.4, 0.5) is 14.5 Å². The molecule has 0 amide bonds. The fraction of sp³-hybridized carbons (Fsp3) is 0.143. The quantitative estimate of drug-likeness (QED) is 0.864. The topological polar surface area (TPSA) is 44.5 Å². The summed E-state index contributed by atoms with van der Waals surface area (Å²) in [6.45, 7) is 0.0329. The molecule has 0 aliphatic carbocycles. The molecule has 0 aliphatic heterocycles. The van der Waals surface area contributed by atoms with Gasteiger partial charge < -0.3 is 15.2 Å². The Hall–Kier alpha value is -2.30. The third-order valence-electron chi connectivity index (χ3n) is 2.53. The molecule has 5 heteroatoms. The molecule has 0 unspecified atom stereocenters. The Morgan fingerprint density at radius 2 is 1.74 bits per heavy atom. The molecule has 0 spiro atoms. The zero-order valence-corrected chi connectivity index (χ0v) is 10.3. The zero-order valence-electron chi connectivity index (χ0n) is 10.3. The third-order valence-corrected chi connectivity index (χ3v) is 2.53. The first-order chi connectivity index (χ1) is 9.08. The van der Waals surface area contributed by atoms with Gasteiger partial charge in [-0.05, 0) is 29.8 Å². The lowest BCUT2D eigenvalue weighted by molar-refractivity contribution is 0.306. The summed E-state index contributed by atoms with van der Waals surface area (Å²) in [5, 5.41) is 0. The van der Waals surface area contributed by atoms with Gasteiger partial charge in [0, 0.05) is 12.1 Å². The van der Waals surface area contributed by atoms with Gasteiger partial charge in [-0.25, -0.2) is 8.78 Å². The monoisotopic (exact) mass is 265 g/mol. The van der Waals surface area contributed by atoms with Crippen LogP contribution in [0.25, 0.3) is 0 Å². The minimum Gasteiger partial charge on any atom is -0.497 e. The summed E-state index contributed by atoms with van der Waals surface area (Å²) in [5.41, 5.74) is 6.56. The van der Waals surface area contributed by atoms with Crippen LogP contribution < -0.4 is 15.2 Å². The third kappa shape index (κ3) is 3.34. The van der Waals surface area contributed by atoms with Gasteiger partial charge in [-0.1, -0.05) is 0 Å². The number of nitrogen functional groups attached to an aromatic ring is 1. The molecule has 2 N–H and O–H groups in total. The van der Waals surface area contributed by atoms with E-state index in [-0.39, 0.29) is 6.61 Å². The molecular weight excluding hydrogens is 252 g/mol. The van der Waals surface area contributed by atoms with Crippen LogP contribution in [0.3, 0.4) is 0 Å². The van der Waals surface area contributed by atoms with Crippen molar-refractivity contribution in [3.63, 3.8) is 0 Å². The van der Waals surface area contributed by atoms with Crippen molar-refractivity contribution in [1.29, 1.82) is 0 Å². The standard InChI is InChI=1S/C14H13F2NO2/c1-18-12-2-3-14(13(17)7-12)19-8-9-4-10(15)6-11(16)5-9/h2-7H,8,17H2,1H3. The van der Waals surface area contributed by atoms with Gasteiger partial charge in [0.25, 0.3) is 0 Å². The highest BCUT2D eigenvalue weighted by Gasteiger charge is 2.05. The van der Waals surface area contributed by atoms with Crippen molar-refractivity contribution in [3.05, 3.63) is 53.6 Å². The molecule has 0 saturated carbocycles. The average molecular weight is 265 g/mol. The second kappa shape index (κ2) is 5.56. The van der Waals surface area contributed by atoms with Crippen LogP contribution in [0.15, 0.2) is 36.4 Å². The molecule has 100 valence electrons. The highest BCUT2D eigenvalue weighted by molar-refractivity contribution is 5.56. The number of methoxy groups -OCH3 is 1. The maximum absolute atomic E-state index is 13.0. The number of nitrogens with two attached hydrogens (primary N) is 1. The van der Waals surface area contributed by atoms with Gasteiger partial charge in [0.2, 0.25) is 0 Å². The van der Waals surface area contributed by atoms with Crippen molar-refractivity contribution in [2.75, 3.05) is 12.8 Å².